The molecular formula is C17H25BrN2. The first-order chi connectivity index (χ1) is 9.60. The Labute approximate surface area is 131 Å². The van der Waals surface area contributed by atoms with Gasteiger partial charge in [-0.2, -0.15) is 0 Å². The first-order valence-electron chi connectivity index (χ1n) is 7.87. The zero-order valence-corrected chi connectivity index (χ0v) is 14.1. The van der Waals surface area contributed by atoms with Crippen molar-refractivity contribution in [1.82, 2.24) is 5.32 Å². The molecule has 1 saturated carbocycles. The van der Waals surface area contributed by atoms with Gasteiger partial charge in [0.15, 0.2) is 0 Å². The Morgan fingerprint density at radius 2 is 1.85 bits per heavy atom. The standard InChI is InChI=1S/C17H25BrN2/c1-13(2)16-11-19-17(9-3-4-10-17)12-20(16)15-7-5-14(18)6-8-15/h5-8,13,16,19H,3-4,9-12H2,1-2H3. The Morgan fingerprint density at radius 3 is 2.45 bits per heavy atom. The van der Waals surface area contributed by atoms with Gasteiger partial charge in [0.05, 0.1) is 0 Å². The van der Waals surface area contributed by atoms with E-state index in [0.717, 1.165) is 17.6 Å². The van der Waals surface area contributed by atoms with Crippen LogP contribution in [0.2, 0.25) is 0 Å². The first-order valence-corrected chi connectivity index (χ1v) is 8.66. The molecule has 1 saturated heterocycles. The third-order valence-electron chi connectivity index (χ3n) is 5.05. The van der Waals surface area contributed by atoms with Crippen molar-refractivity contribution < 1.29 is 0 Å². The van der Waals surface area contributed by atoms with Crippen molar-refractivity contribution in [1.29, 1.82) is 0 Å². The molecule has 0 amide bonds. The molecule has 3 rings (SSSR count). The molecule has 0 bridgehead atoms. The smallest absolute Gasteiger partial charge is 0.0438 e. The lowest BCUT2D eigenvalue weighted by molar-refractivity contribution is 0.245. The van der Waals surface area contributed by atoms with Gasteiger partial charge in [-0.25, -0.2) is 0 Å². The summed E-state index contributed by atoms with van der Waals surface area (Å²) >= 11 is 3.54. The quantitative estimate of drug-likeness (QED) is 0.870. The van der Waals surface area contributed by atoms with Crippen molar-refractivity contribution in [2.24, 2.45) is 5.92 Å². The highest BCUT2D eigenvalue weighted by Gasteiger charge is 2.41. The molecule has 20 heavy (non-hydrogen) atoms. The second kappa shape index (κ2) is 5.69. The van der Waals surface area contributed by atoms with Crippen molar-refractivity contribution in [3.8, 4) is 0 Å². The second-order valence-corrected chi connectivity index (χ2v) is 7.70. The van der Waals surface area contributed by atoms with Crippen LogP contribution in [0.1, 0.15) is 39.5 Å². The Hall–Kier alpha value is -0.540. The van der Waals surface area contributed by atoms with Gasteiger partial charge in [-0.15, -0.1) is 0 Å². The summed E-state index contributed by atoms with van der Waals surface area (Å²) in [5, 5.41) is 3.89. The molecular weight excluding hydrogens is 312 g/mol. The number of rotatable bonds is 2. The summed E-state index contributed by atoms with van der Waals surface area (Å²) in [7, 11) is 0. The molecule has 110 valence electrons. The summed E-state index contributed by atoms with van der Waals surface area (Å²) in [5.74, 6) is 0.671. The van der Waals surface area contributed by atoms with Gasteiger partial charge in [0.1, 0.15) is 0 Å². The number of anilines is 1. The molecule has 1 spiro atoms. The molecule has 3 heteroatoms. The summed E-state index contributed by atoms with van der Waals surface area (Å²) in [4.78, 5) is 2.65. The van der Waals surface area contributed by atoms with Crippen molar-refractivity contribution in [3.63, 3.8) is 0 Å². The predicted molar refractivity (Wildman–Crippen MR) is 89.3 cm³/mol. The minimum atomic E-state index is 0.373. The van der Waals surface area contributed by atoms with Gasteiger partial charge in [-0.1, -0.05) is 42.6 Å². The first kappa shape index (κ1) is 14.4. The van der Waals surface area contributed by atoms with Gasteiger partial charge < -0.3 is 10.2 Å². The topological polar surface area (TPSA) is 15.3 Å². The lowest BCUT2D eigenvalue weighted by atomic mass is 9.88. The number of benzene rings is 1. The molecule has 2 nitrogen and oxygen atoms in total. The van der Waals surface area contributed by atoms with Crippen molar-refractivity contribution in [2.45, 2.75) is 51.1 Å². The van der Waals surface area contributed by atoms with E-state index < -0.39 is 0 Å². The van der Waals surface area contributed by atoms with Crippen LogP contribution in [0.25, 0.3) is 0 Å². The molecule has 1 aliphatic carbocycles. The summed E-state index contributed by atoms with van der Waals surface area (Å²) in [6.07, 6.45) is 5.44. The van der Waals surface area contributed by atoms with Crippen molar-refractivity contribution >= 4 is 21.6 Å². The highest BCUT2D eigenvalue weighted by molar-refractivity contribution is 9.10. The van der Waals surface area contributed by atoms with Crippen LogP contribution in [0.4, 0.5) is 5.69 Å². The van der Waals surface area contributed by atoms with Crippen LogP contribution >= 0.6 is 15.9 Å². The Morgan fingerprint density at radius 1 is 1.20 bits per heavy atom. The molecule has 1 aromatic carbocycles. The monoisotopic (exact) mass is 336 g/mol. The predicted octanol–water partition coefficient (Wildman–Crippen LogP) is 4.20. The van der Waals surface area contributed by atoms with E-state index in [0.29, 0.717) is 17.5 Å². The maximum atomic E-state index is 3.89. The van der Waals surface area contributed by atoms with E-state index in [1.165, 1.54) is 31.4 Å². The highest BCUT2D eigenvalue weighted by atomic mass is 79.9. The van der Waals surface area contributed by atoms with E-state index in [4.69, 9.17) is 0 Å². The maximum absolute atomic E-state index is 3.89. The van der Waals surface area contributed by atoms with E-state index in [-0.39, 0.29) is 0 Å². The molecule has 1 aromatic rings. The van der Waals surface area contributed by atoms with Crippen LogP contribution in [-0.4, -0.2) is 24.7 Å². The Kier molecular flexibility index (Phi) is 4.09. The molecule has 1 atom stereocenters. The van der Waals surface area contributed by atoms with Crippen LogP contribution in [0, 0.1) is 5.92 Å². The highest BCUT2D eigenvalue weighted by Crippen LogP contribution is 2.36. The third kappa shape index (κ3) is 2.75. The van der Waals surface area contributed by atoms with E-state index >= 15 is 0 Å². The van der Waals surface area contributed by atoms with E-state index in [1.807, 2.05) is 0 Å². The summed E-state index contributed by atoms with van der Waals surface area (Å²) in [5.41, 5.74) is 1.75. The SMILES string of the molecule is CC(C)C1CNC2(CCCC2)CN1c1ccc(Br)cc1. The molecule has 0 aromatic heterocycles. The summed E-state index contributed by atoms with van der Waals surface area (Å²) < 4.78 is 1.16. The third-order valence-corrected chi connectivity index (χ3v) is 5.58. The fourth-order valence-electron chi connectivity index (χ4n) is 3.83. The van der Waals surface area contributed by atoms with Gasteiger partial charge in [0, 0.05) is 34.8 Å². The van der Waals surface area contributed by atoms with Crippen LogP contribution in [0.15, 0.2) is 28.7 Å². The molecule has 1 aliphatic heterocycles. The summed E-state index contributed by atoms with van der Waals surface area (Å²) in [6, 6.07) is 9.44. The molecule has 2 fully saturated rings. The number of hydrogen-bond acceptors (Lipinski definition) is 2. The van der Waals surface area contributed by atoms with Gasteiger partial charge in [-0.05, 0) is 43.0 Å². The van der Waals surface area contributed by atoms with Gasteiger partial charge in [-0.3, -0.25) is 0 Å². The molecule has 1 unspecified atom stereocenters. The molecule has 2 aliphatic rings. The number of hydrogen-bond donors (Lipinski definition) is 1. The van der Waals surface area contributed by atoms with Crippen LogP contribution in [0.3, 0.4) is 0 Å². The number of piperazine rings is 1. The number of nitrogens with one attached hydrogen (secondary N) is 1. The average molecular weight is 337 g/mol. The zero-order valence-electron chi connectivity index (χ0n) is 12.5. The molecule has 1 N–H and O–H groups in total. The van der Waals surface area contributed by atoms with Gasteiger partial charge in [0.25, 0.3) is 0 Å². The van der Waals surface area contributed by atoms with Gasteiger partial charge >= 0.3 is 0 Å². The normalized spacial score (nSPS) is 25.6. The van der Waals surface area contributed by atoms with Crippen molar-refractivity contribution in [3.05, 3.63) is 28.7 Å². The lowest BCUT2D eigenvalue weighted by Gasteiger charge is -2.49. The Balaban J connectivity index is 1.87. The minimum Gasteiger partial charge on any atom is -0.365 e. The second-order valence-electron chi connectivity index (χ2n) is 6.78. The van der Waals surface area contributed by atoms with E-state index in [1.54, 1.807) is 0 Å². The van der Waals surface area contributed by atoms with Crippen molar-refractivity contribution in [2.75, 3.05) is 18.0 Å². The number of halogens is 1. The largest absolute Gasteiger partial charge is 0.365 e. The van der Waals surface area contributed by atoms with Crippen LogP contribution in [-0.2, 0) is 0 Å². The Bertz CT molecular complexity index is 449. The average Bonchev–Trinajstić information content (AvgIpc) is 2.87. The van der Waals surface area contributed by atoms with E-state index in [2.05, 4.69) is 64.3 Å². The minimum absolute atomic E-state index is 0.373. The van der Waals surface area contributed by atoms with Crippen LogP contribution < -0.4 is 10.2 Å². The van der Waals surface area contributed by atoms with Gasteiger partial charge in [0.2, 0.25) is 0 Å². The summed E-state index contributed by atoms with van der Waals surface area (Å²) in [6.45, 7) is 6.96. The van der Waals surface area contributed by atoms with Crippen LogP contribution in [0.5, 0.6) is 0 Å². The molecule has 1 heterocycles. The van der Waals surface area contributed by atoms with E-state index in [9.17, 15) is 0 Å². The fraction of sp³-hybridized carbons (Fsp3) is 0.647. The number of nitrogens with zero attached hydrogens (tertiary/aromatic N) is 1. The lowest BCUT2D eigenvalue weighted by Crippen LogP contribution is -2.64. The fourth-order valence-corrected chi connectivity index (χ4v) is 4.09. The maximum Gasteiger partial charge on any atom is 0.0438 e. The molecule has 0 radical (unpaired) electrons. The zero-order chi connectivity index (χ0) is 14.2.